The van der Waals surface area contributed by atoms with Crippen LogP contribution in [0.3, 0.4) is 0 Å². The number of hydrogen-bond acceptors (Lipinski definition) is 2. The summed E-state index contributed by atoms with van der Waals surface area (Å²) in [6.07, 6.45) is 5.59. The molecular weight excluding hydrogens is 142 g/mol. The summed E-state index contributed by atoms with van der Waals surface area (Å²) in [6, 6.07) is 0. The van der Waals surface area contributed by atoms with Gasteiger partial charge < -0.3 is 5.32 Å². The molecule has 0 fully saturated rings. The van der Waals surface area contributed by atoms with E-state index in [9.17, 15) is 0 Å². The van der Waals surface area contributed by atoms with Crippen LogP contribution in [0.5, 0.6) is 0 Å². The van der Waals surface area contributed by atoms with Crippen LogP contribution in [0.2, 0.25) is 0 Å². The molecule has 0 unspecified atom stereocenters. The summed E-state index contributed by atoms with van der Waals surface area (Å²) in [5.74, 6) is 1.16. The molecule has 0 aromatic carbocycles. The van der Waals surface area contributed by atoms with E-state index in [1.54, 1.807) is 0 Å². The molecule has 0 amide bonds. The smallest absolute Gasteiger partial charge is 0.0169 e. The van der Waals surface area contributed by atoms with Gasteiger partial charge in [0.1, 0.15) is 0 Å². The van der Waals surface area contributed by atoms with Gasteiger partial charge in [-0.25, -0.2) is 0 Å². The standard InChI is InChI=1S/C8H17NS/c1-4-5-8(6-9-2)7-10-3/h5,9H,4,6-7H2,1-3H3/b8-5-. The number of rotatable bonds is 5. The van der Waals surface area contributed by atoms with E-state index in [1.165, 1.54) is 5.57 Å². The van der Waals surface area contributed by atoms with E-state index in [0.29, 0.717) is 0 Å². The number of hydrogen-bond donors (Lipinski definition) is 1. The van der Waals surface area contributed by atoms with Gasteiger partial charge in [0.15, 0.2) is 0 Å². The Bertz CT molecular complexity index is 91.4. The number of nitrogens with one attached hydrogen (secondary N) is 1. The van der Waals surface area contributed by atoms with Crippen LogP contribution in [0.25, 0.3) is 0 Å². The third-order valence-corrected chi connectivity index (χ3v) is 1.89. The van der Waals surface area contributed by atoms with Crippen molar-refractivity contribution >= 4 is 11.8 Å². The van der Waals surface area contributed by atoms with Gasteiger partial charge in [-0.3, -0.25) is 0 Å². The van der Waals surface area contributed by atoms with Crippen LogP contribution < -0.4 is 5.32 Å². The Hall–Kier alpha value is 0.0500. The summed E-state index contributed by atoms with van der Waals surface area (Å²) >= 11 is 1.88. The normalized spacial score (nSPS) is 12.1. The zero-order valence-electron chi connectivity index (χ0n) is 7.11. The van der Waals surface area contributed by atoms with Crippen molar-refractivity contribution in [3.63, 3.8) is 0 Å². The van der Waals surface area contributed by atoms with Crippen LogP contribution in [-0.4, -0.2) is 25.6 Å². The first-order chi connectivity index (χ1) is 4.85. The van der Waals surface area contributed by atoms with Crippen molar-refractivity contribution in [3.05, 3.63) is 11.6 Å². The van der Waals surface area contributed by atoms with Crippen LogP contribution in [0.4, 0.5) is 0 Å². The van der Waals surface area contributed by atoms with Crippen molar-refractivity contribution in [2.24, 2.45) is 0 Å². The highest BCUT2D eigenvalue weighted by Gasteiger charge is 1.91. The van der Waals surface area contributed by atoms with Gasteiger partial charge in [-0.05, 0) is 19.7 Å². The first-order valence-corrected chi connectivity index (χ1v) is 5.06. The van der Waals surface area contributed by atoms with Gasteiger partial charge in [0, 0.05) is 12.3 Å². The molecule has 0 aliphatic heterocycles. The van der Waals surface area contributed by atoms with Crippen LogP contribution in [0.15, 0.2) is 11.6 Å². The molecule has 10 heavy (non-hydrogen) atoms. The molecule has 0 aliphatic carbocycles. The van der Waals surface area contributed by atoms with Crippen molar-refractivity contribution in [2.45, 2.75) is 13.3 Å². The van der Waals surface area contributed by atoms with Gasteiger partial charge in [0.2, 0.25) is 0 Å². The second kappa shape index (κ2) is 7.16. The molecule has 0 bridgehead atoms. The largest absolute Gasteiger partial charge is 0.316 e. The van der Waals surface area contributed by atoms with Crippen molar-refractivity contribution in [2.75, 3.05) is 25.6 Å². The molecule has 0 atom stereocenters. The molecule has 0 aromatic heterocycles. The van der Waals surface area contributed by atoms with E-state index >= 15 is 0 Å². The third kappa shape index (κ3) is 4.89. The summed E-state index contributed by atoms with van der Waals surface area (Å²) in [4.78, 5) is 0. The van der Waals surface area contributed by atoms with E-state index in [4.69, 9.17) is 0 Å². The second-order valence-electron chi connectivity index (χ2n) is 2.23. The Labute approximate surface area is 68.3 Å². The fourth-order valence-electron chi connectivity index (χ4n) is 0.883. The molecule has 1 nitrogen and oxygen atoms in total. The van der Waals surface area contributed by atoms with Gasteiger partial charge in [-0.2, -0.15) is 11.8 Å². The van der Waals surface area contributed by atoms with E-state index < -0.39 is 0 Å². The Morgan fingerprint density at radius 2 is 2.30 bits per heavy atom. The molecule has 0 radical (unpaired) electrons. The van der Waals surface area contributed by atoms with Gasteiger partial charge in [-0.15, -0.1) is 0 Å². The maximum atomic E-state index is 3.16. The molecule has 2 heteroatoms. The highest BCUT2D eigenvalue weighted by molar-refractivity contribution is 7.98. The fraction of sp³-hybridized carbons (Fsp3) is 0.750. The summed E-state index contributed by atoms with van der Waals surface area (Å²) in [6.45, 7) is 3.21. The molecule has 0 aromatic rings. The van der Waals surface area contributed by atoms with E-state index in [2.05, 4.69) is 24.6 Å². The topological polar surface area (TPSA) is 12.0 Å². The summed E-state index contributed by atoms with van der Waals surface area (Å²) in [7, 11) is 1.99. The lowest BCUT2D eigenvalue weighted by Gasteiger charge is -2.03. The number of likely N-dealkylation sites (N-methyl/N-ethyl adjacent to an activating group) is 1. The van der Waals surface area contributed by atoms with Gasteiger partial charge in [0.25, 0.3) is 0 Å². The SMILES string of the molecule is CC/C=C(/CNC)CSC. The average Bonchev–Trinajstić information content (AvgIpc) is 1.90. The Kier molecular flexibility index (Phi) is 7.20. The van der Waals surface area contributed by atoms with Crippen LogP contribution >= 0.6 is 11.8 Å². The Morgan fingerprint density at radius 1 is 1.60 bits per heavy atom. The van der Waals surface area contributed by atoms with Gasteiger partial charge >= 0.3 is 0 Å². The van der Waals surface area contributed by atoms with E-state index in [0.717, 1.165) is 18.7 Å². The minimum atomic E-state index is 1.04. The zero-order valence-corrected chi connectivity index (χ0v) is 7.92. The van der Waals surface area contributed by atoms with Crippen molar-refractivity contribution in [3.8, 4) is 0 Å². The molecular formula is C8H17NS. The lowest BCUT2D eigenvalue weighted by molar-refractivity contribution is 0.876. The Balaban J connectivity index is 3.60. The summed E-state index contributed by atoms with van der Waals surface area (Å²) < 4.78 is 0. The van der Waals surface area contributed by atoms with Crippen LogP contribution in [-0.2, 0) is 0 Å². The zero-order chi connectivity index (χ0) is 7.82. The average molecular weight is 159 g/mol. The van der Waals surface area contributed by atoms with E-state index in [1.807, 2.05) is 18.8 Å². The maximum absolute atomic E-state index is 3.16. The third-order valence-electron chi connectivity index (χ3n) is 1.23. The van der Waals surface area contributed by atoms with E-state index in [-0.39, 0.29) is 0 Å². The highest BCUT2D eigenvalue weighted by Crippen LogP contribution is 2.03. The first kappa shape index (κ1) is 10.0. The minimum Gasteiger partial charge on any atom is -0.316 e. The van der Waals surface area contributed by atoms with Crippen molar-refractivity contribution < 1.29 is 0 Å². The highest BCUT2D eigenvalue weighted by atomic mass is 32.2. The minimum absolute atomic E-state index is 1.04. The molecule has 60 valence electrons. The Morgan fingerprint density at radius 3 is 2.70 bits per heavy atom. The predicted octanol–water partition coefficient (Wildman–Crippen LogP) is 1.91. The number of allylic oxidation sites excluding steroid dienone is 1. The quantitative estimate of drug-likeness (QED) is 0.615. The number of thioether (sulfide) groups is 1. The lowest BCUT2D eigenvalue weighted by Crippen LogP contribution is -2.11. The van der Waals surface area contributed by atoms with Crippen molar-refractivity contribution in [1.82, 2.24) is 5.32 Å². The summed E-state index contributed by atoms with van der Waals surface area (Å²) in [5.41, 5.74) is 1.51. The maximum Gasteiger partial charge on any atom is 0.0169 e. The monoisotopic (exact) mass is 159 g/mol. The molecule has 1 N–H and O–H groups in total. The molecule has 0 aliphatic rings. The molecule has 0 spiro atoms. The van der Waals surface area contributed by atoms with Gasteiger partial charge in [0.05, 0.1) is 0 Å². The second-order valence-corrected chi connectivity index (χ2v) is 3.10. The van der Waals surface area contributed by atoms with Crippen LogP contribution in [0.1, 0.15) is 13.3 Å². The summed E-state index contributed by atoms with van der Waals surface area (Å²) in [5, 5.41) is 3.16. The first-order valence-electron chi connectivity index (χ1n) is 3.66. The predicted molar refractivity (Wildman–Crippen MR) is 50.7 cm³/mol. The van der Waals surface area contributed by atoms with Crippen LogP contribution in [0, 0.1) is 0 Å². The van der Waals surface area contributed by atoms with Gasteiger partial charge in [-0.1, -0.05) is 18.6 Å². The fourth-order valence-corrected chi connectivity index (χ4v) is 1.47. The molecule has 0 saturated carbocycles. The molecule has 0 heterocycles. The molecule has 0 saturated heterocycles. The van der Waals surface area contributed by atoms with Crippen molar-refractivity contribution in [1.29, 1.82) is 0 Å². The lowest BCUT2D eigenvalue weighted by atomic mass is 10.2. The molecule has 0 rings (SSSR count).